The Balaban J connectivity index is 0.000000412. The Labute approximate surface area is 186 Å². The summed E-state index contributed by atoms with van der Waals surface area (Å²) in [5, 5.41) is 8.91. The van der Waals surface area contributed by atoms with E-state index in [4.69, 9.17) is 9.84 Å². The molecule has 3 rings (SSSR count). The van der Waals surface area contributed by atoms with Gasteiger partial charge in [0.05, 0.1) is 12.7 Å². The first-order valence-electron chi connectivity index (χ1n) is 11.7. The molecular formula is C25H37NO5. The molecule has 1 heterocycles. The average Bonchev–Trinajstić information content (AvgIpc) is 2.80. The first-order valence-corrected chi connectivity index (χ1v) is 11.7. The predicted octanol–water partition coefficient (Wildman–Crippen LogP) is 3.75. The zero-order valence-corrected chi connectivity index (χ0v) is 18.8. The maximum absolute atomic E-state index is 12.2. The molecule has 1 N–H and O–H groups in total. The van der Waals surface area contributed by atoms with Gasteiger partial charge in [0.15, 0.2) is 0 Å². The van der Waals surface area contributed by atoms with Crippen LogP contribution in [0.2, 0.25) is 0 Å². The van der Waals surface area contributed by atoms with Gasteiger partial charge in [-0.05, 0) is 63.9 Å². The zero-order chi connectivity index (χ0) is 22.5. The highest BCUT2D eigenvalue weighted by molar-refractivity contribution is 6.24. The summed E-state index contributed by atoms with van der Waals surface area (Å²) in [6, 6.07) is 7.82. The molecule has 1 aliphatic heterocycles. The van der Waals surface area contributed by atoms with Crippen molar-refractivity contribution in [3.8, 4) is 0 Å². The van der Waals surface area contributed by atoms with E-state index >= 15 is 0 Å². The number of aryl methyl sites for hydroxylation is 2. The van der Waals surface area contributed by atoms with E-state index in [-0.39, 0.29) is 18.4 Å². The van der Waals surface area contributed by atoms with Crippen LogP contribution in [-0.2, 0) is 25.5 Å². The minimum absolute atomic E-state index is 0.0359. The zero-order valence-electron chi connectivity index (χ0n) is 18.8. The number of hydrogen-bond donors (Lipinski definition) is 1. The number of hydrogen-bond acceptors (Lipinski definition) is 5. The minimum atomic E-state index is -0.629. The summed E-state index contributed by atoms with van der Waals surface area (Å²) in [6.45, 7) is 2.86. The van der Waals surface area contributed by atoms with Crippen LogP contribution in [0.15, 0.2) is 24.3 Å². The molecule has 6 heteroatoms. The van der Waals surface area contributed by atoms with Crippen molar-refractivity contribution in [2.45, 2.75) is 89.7 Å². The highest BCUT2D eigenvalue weighted by Crippen LogP contribution is 2.18. The van der Waals surface area contributed by atoms with Crippen molar-refractivity contribution in [3.63, 3.8) is 0 Å². The normalized spacial score (nSPS) is 19.2. The first kappa shape index (κ1) is 25.1. The standard InChI is InChI=1S/C19H25NO4.C6H12O/c1-15-8-10-16(11-9-15)6-3-5-13-24-19(23)17-7-2-4-12-20(17)18(22)14-21;7-6-4-2-1-3-5-6/h8-11,14,17H,2-7,12-13H2,1H3;6-7H,1-5H2. The third-order valence-corrected chi connectivity index (χ3v) is 5.96. The van der Waals surface area contributed by atoms with Crippen LogP contribution < -0.4 is 0 Å². The van der Waals surface area contributed by atoms with Gasteiger partial charge in [0.25, 0.3) is 5.91 Å². The minimum Gasteiger partial charge on any atom is -0.464 e. The number of likely N-dealkylation sites (tertiary alicyclic amines) is 1. The van der Waals surface area contributed by atoms with Gasteiger partial charge in [-0.25, -0.2) is 4.79 Å². The molecule has 1 atom stereocenters. The Kier molecular flexibility index (Phi) is 11.3. The number of carbonyl (C=O) groups is 3. The number of unbranched alkanes of at least 4 members (excludes halogenated alkanes) is 1. The number of rotatable bonds is 7. The highest BCUT2D eigenvalue weighted by Gasteiger charge is 2.32. The molecule has 1 saturated carbocycles. The number of ether oxygens (including phenoxy) is 1. The summed E-state index contributed by atoms with van der Waals surface area (Å²) < 4.78 is 5.31. The fourth-order valence-corrected chi connectivity index (χ4v) is 4.04. The van der Waals surface area contributed by atoms with Gasteiger partial charge >= 0.3 is 5.97 Å². The number of benzene rings is 1. The number of piperidine rings is 1. The molecular weight excluding hydrogens is 394 g/mol. The molecule has 1 saturated heterocycles. The van der Waals surface area contributed by atoms with Crippen molar-refractivity contribution in [2.24, 2.45) is 0 Å². The van der Waals surface area contributed by atoms with Gasteiger partial charge in [-0.2, -0.15) is 0 Å². The molecule has 1 amide bonds. The predicted molar refractivity (Wildman–Crippen MR) is 120 cm³/mol. The van der Waals surface area contributed by atoms with Crippen molar-refractivity contribution in [1.29, 1.82) is 0 Å². The van der Waals surface area contributed by atoms with Gasteiger partial charge in [0.1, 0.15) is 6.04 Å². The number of amides is 1. The molecule has 0 spiro atoms. The topological polar surface area (TPSA) is 83.9 Å². The Morgan fingerprint density at radius 3 is 2.32 bits per heavy atom. The van der Waals surface area contributed by atoms with E-state index < -0.39 is 11.9 Å². The maximum Gasteiger partial charge on any atom is 0.328 e. The molecule has 1 unspecified atom stereocenters. The van der Waals surface area contributed by atoms with Crippen molar-refractivity contribution in [3.05, 3.63) is 35.4 Å². The number of aliphatic hydroxyl groups excluding tert-OH is 1. The van der Waals surface area contributed by atoms with Crippen LogP contribution in [-0.4, -0.2) is 53.5 Å². The van der Waals surface area contributed by atoms with Crippen LogP contribution in [0.3, 0.4) is 0 Å². The van der Waals surface area contributed by atoms with Crippen molar-refractivity contribution in [1.82, 2.24) is 4.90 Å². The van der Waals surface area contributed by atoms with Crippen LogP contribution >= 0.6 is 0 Å². The Hall–Kier alpha value is -2.21. The second kappa shape index (κ2) is 14.0. The van der Waals surface area contributed by atoms with Gasteiger partial charge in [0, 0.05) is 6.54 Å². The molecule has 2 aliphatic rings. The van der Waals surface area contributed by atoms with Crippen LogP contribution in [0.25, 0.3) is 0 Å². The lowest BCUT2D eigenvalue weighted by atomic mass is 9.98. The quantitative estimate of drug-likeness (QED) is 0.308. The summed E-state index contributed by atoms with van der Waals surface area (Å²) in [4.78, 5) is 35.8. The summed E-state index contributed by atoms with van der Waals surface area (Å²) >= 11 is 0. The second-order valence-corrected chi connectivity index (χ2v) is 8.56. The molecule has 1 aromatic carbocycles. The van der Waals surface area contributed by atoms with Crippen molar-refractivity contribution in [2.75, 3.05) is 13.2 Å². The largest absolute Gasteiger partial charge is 0.464 e. The smallest absolute Gasteiger partial charge is 0.328 e. The average molecular weight is 432 g/mol. The number of esters is 1. The van der Waals surface area contributed by atoms with Gasteiger partial charge in [-0.1, -0.05) is 49.1 Å². The Bertz CT molecular complexity index is 682. The number of aldehydes is 1. The molecule has 0 bridgehead atoms. The lowest BCUT2D eigenvalue weighted by Crippen LogP contribution is -2.49. The maximum atomic E-state index is 12.2. The highest BCUT2D eigenvalue weighted by atomic mass is 16.5. The number of aliphatic hydroxyl groups is 1. The van der Waals surface area contributed by atoms with E-state index in [1.807, 2.05) is 0 Å². The van der Waals surface area contributed by atoms with E-state index in [0.29, 0.717) is 19.6 Å². The molecule has 172 valence electrons. The van der Waals surface area contributed by atoms with E-state index in [2.05, 4.69) is 31.2 Å². The number of carbonyl (C=O) groups excluding carboxylic acids is 3. The van der Waals surface area contributed by atoms with E-state index in [1.165, 1.54) is 35.3 Å². The fraction of sp³-hybridized carbons (Fsp3) is 0.640. The summed E-state index contributed by atoms with van der Waals surface area (Å²) in [5.41, 5.74) is 2.52. The Morgan fingerprint density at radius 2 is 1.71 bits per heavy atom. The second-order valence-electron chi connectivity index (χ2n) is 8.56. The molecule has 0 aromatic heterocycles. The summed E-state index contributed by atoms with van der Waals surface area (Å²) in [5.74, 6) is -1.02. The lowest BCUT2D eigenvalue weighted by molar-refractivity contribution is -0.157. The third-order valence-electron chi connectivity index (χ3n) is 5.96. The van der Waals surface area contributed by atoms with Gasteiger partial charge in [-0.3, -0.25) is 9.59 Å². The Morgan fingerprint density at radius 1 is 1.03 bits per heavy atom. The monoisotopic (exact) mass is 431 g/mol. The van der Waals surface area contributed by atoms with Crippen LogP contribution in [0.1, 0.15) is 75.3 Å². The first-order chi connectivity index (χ1) is 15.0. The van der Waals surface area contributed by atoms with Crippen molar-refractivity contribution >= 4 is 18.2 Å². The van der Waals surface area contributed by atoms with Crippen LogP contribution in [0.5, 0.6) is 0 Å². The summed E-state index contributed by atoms with van der Waals surface area (Å²) in [6.07, 6.45) is 11.1. The van der Waals surface area contributed by atoms with E-state index in [1.54, 1.807) is 0 Å². The van der Waals surface area contributed by atoms with Crippen LogP contribution in [0.4, 0.5) is 0 Å². The SMILES string of the molecule is Cc1ccc(CCCCOC(=O)C2CCCCN2C(=O)C=O)cc1.OC1CCCCC1. The molecule has 2 fully saturated rings. The van der Waals surface area contributed by atoms with Gasteiger partial charge in [0.2, 0.25) is 6.29 Å². The van der Waals surface area contributed by atoms with Crippen LogP contribution in [0, 0.1) is 6.92 Å². The van der Waals surface area contributed by atoms with E-state index in [0.717, 1.165) is 44.9 Å². The molecule has 0 radical (unpaired) electrons. The number of nitrogens with zero attached hydrogens (tertiary/aromatic N) is 1. The van der Waals surface area contributed by atoms with Crippen molar-refractivity contribution < 1.29 is 24.2 Å². The van der Waals surface area contributed by atoms with E-state index in [9.17, 15) is 14.4 Å². The van der Waals surface area contributed by atoms with Gasteiger partial charge < -0.3 is 14.7 Å². The molecule has 31 heavy (non-hydrogen) atoms. The third kappa shape index (κ3) is 9.21. The van der Waals surface area contributed by atoms with Gasteiger partial charge in [-0.15, -0.1) is 0 Å². The summed E-state index contributed by atoms with van der Waals surface area (Å²) in [7, 11) is 0. The molecule has 1 aromatic rings. The molecule has 1 aliphatic carbocycles. The molecule has 6 nitrogen and oxygen atoms in total. The fourth-order valence-electron chi connectivity index (χ4n) is 4.04. The lowest BCUT2D eigenvalue weighted by Gasteiger charge is -2.32.